The standard InChI is InChI=1S/C59H102O6/c1-4-7-10-13-16-19-22-24-26-28-30-32-34-37-40-43-46-49-52-58(61)64-55-56(54-63-57(60)51-48-45-42-39-36-21-18-15-12-9-6-3)65-59(62)53-50-47-44-41-38-35-33-31-29-27-25-23-20-17-14-11-8-5-2/h9,12,18,21,26,28,30-33,39,42,56H,4-8,10-11,13-17,19-20,22-25,27,29,34-38,40-41,43-55H2,1-3H3/b12-9-,21-18-,28-26-,32-30-,33-31-,42-39-. The number of esters is 3. The van der Waals surface area contributed by atoms with Crippen molar-refractivity contribution in [1.29, 1.82) is 0 Å². The molecular formula is C59H102O6. The molecule has 0 rings (SSSR count). The Bertz CT molecular complexity index is 1230. The van der Waals surface area contributed by atoms with E-state index in [0.29, 0.717) is 19.3 Å². The predicted molar refractivity (Wildman–Crippen MR) is 279 cm³/mol. The average molecular weight is 907 g/mol. The van der Waals surface area contributed by atoms with Gasteiger partial charge in [0.2, 0.25) is 0 Å². The molecule has 65 heavy (non-hydrogen) atoms. The maximum absolute atomic E-state index is 12.8. The number of allylic oxidation sites excluding steroid dienone is 12. The summed E-state index contributed by atoms with van der Waals surface area (Å²) in [5.74, 6) is -0.977. The maximum Gasteiger partial charge on any atom is 0.306 e. The maximum atomic E-state index is 12.8. The smallest absolute Gasteiger partial charge is 0.306 e. The van der Waals surface area contributed by atoms with Crippen LogP contribution < -0.4 is 0 Å². The van der Waals surface area contributed by atoms with Crippen LogP contribution in [0.5, 0.6) is 0 Å². The summed E-state index contributed by atoms with van der Waals surface area (Å²) in [6.45, 7) is 6.46. The molecule has 0 aliphatic carbocycles. The quantitative estimate of drug-likeness (QED) is 0.0199. The fraction of sp³-hybridized carbons (Fsp3) is 0.746. The number of hydrogen-bond donors (Lipinski definition) is 0. The summed E-state index contributed by atoms with van der Waals surface area (Å²) in [7, 11) is 0. The largest absolute Gasteiger partial charge is 0.462 e. The van der Waals surface area contributed by atoms with Crippen LogP contribution in [-0.2, 0) is 28.6 Å². The van der Waals surface area contributed by atoms with Crippen molar-refractivity contribution in [3.05, 3.63) is 72.9 Å². The third-order valence-corrected chi connectivity index (χ3v) is 11.7. The minimum Gasteiger partial charge on any atom is -0.462 e. The second kappa shape index (κ2) is 53.5. The molecule has 6 heteroatoms. The van der Waals surface area contributed by atoms with Crippen molar-refractivity contribution in [2.75, 3.05) is 13.2 Å². The van der Waals surface area contributed by atoms with E-state index in [2.05, 4.69) is 93.7 Å². The van der Waals surface area contributed by atoms with Crippen molar-refractivity contribution in [2.24, 2.45) is 0 Å². The minimum absolute atomic E-state index is 0.102. The Morgan fingerprint density at radius 2 is 0.662 bits per heavy atom. The van der Waals surface area contributed by atoms with Crippen molar-refractivity contribution in [2.45, 2.75) is 271 Å². The lowest BCUT2D eigenvalue weighted by Gasteiger charge is -2.18. The Morgan fingerprint density at radius 1 is 0.338 bits per heavy atom. The van der Waals surface area contributed by atoms with Crippen molar-refractivity contribution in [3.63, 3.8) is 0 Å². The molecule has 0 spiro atoms. The highest BCUT2D eigenvalue weighted by Crippen LogP contribution is 2.14. The molecular weight excluding hydrogens is 805 g/mol. The molecule has 0 aromatic rings. The van der Waals surface area contributed by atoms with Gasteiger partial charge in [-0.3, -0.25) is 14.4 Å². The van der Waals surface area contributed by atoms with Gasteiger partial charge in [0.25, 0.3) is 0 Å². The summed E-state index contributed by atoms with van der Waals surface area (Å²) in [5, 5.41) is 0. The fourth-order valence-electron chi connectivity index (χ4n) is 7.57. The Morgan fingerprint density at radius 3 is 1.11 bits per heavy atom. The van der Waals surface area contributed by atoms with E-state index in [9.17, 15) is 14.4 Å². The number of ether oxygens (including phenoxy) is 3. The zero-order chi connectivity index (χ0) is 47.2. The van der Waals surface area contributed by atoms with Crippen LogP contribution in [0.4, 0.5) is 0 Å². The highest BCUT2D eigenvalue weighted by molar-refractivity contribution is 5.71. The normalized spacial score (nSPS) is 12.6. The third kappa shape index (κ3) is 51.7. The van der Waals surface area contributed by atoms with Gasteiger partial charge in [-0.15, -0.1) is 0 Å². The van der Waals surface area contributed by atoms with Crippen LogP contribution in [0.3, 0.4) is 0 Å². The molecule has 0 saturated carbocycles. The highest BCUT2D eigenvalue weighted by atomic mass is 16.6. The van der Waals surface area contributed by atoms with Crippen LogP contribution >= 0.6 is 0 Å². The lowest BCUT2D eigenvalue weighted by Crippen LogP contribution is -2.30. The summed E-state index contributed by atoms with van der Waals surface area (Å²) < 4.78 is 16.7. The van der Waals surface area contributed by atoms with Gasteiger partial charge in [0.15, 0.2) is 6.10 Å². The van der Waals surface area contributed by atoms with E-state index in [-0.39, 0.29) is 37.5 Å². The van der Waals surface area contributed by atoms with Crippen molar-refractivity contribution in [3.8, 4) is 0 Å². The molecule has 0 aromatic heterocycles. The van der Waals surface area contributed by atoms with Gasteiger partial charge in [-0.2, -0.15) is 0 Å². The van der Waals surface area contributed by atoms with Gasteiger partial charge < -0.3 is 14.2 Å². The van der Waals surface area contributed by atoms with Gasteiger partial charge in [-0.05, 0) is 96.3 Å². The second-order valence-electron chi connectivity index (χ2n) is 18.1. The van der Waals surface area contributed by atoms with Crippen LogP contribution in [0.15, 0.2) is 72.9 Å². The van der Waals surface area contributed by atoms with Gasteiger partial charge in [0, 0.05) is 19.3 Å². The molecule has 374 valence electrons. The molecule has 1 unspecified atom stereocenters. The van der Waals surface area contributed by atoms with Gasteiger partial charge in [-0.1, -0.05) is 222 Å². The Balaban J connectivity index is 4.42. The Kier molecular flexibility index (Phi) is 50.9. The molecule has 0 bridgehead atoms. The van der Waals surface area contributed by atoms with Crippen LogP contribution in [0.25, 0.3) is 0 Å². The molecule has 0 aliphatic heterocycles. The number of carbonyl (C=O) groups is 3. The van der Waals surface area contributed by atoms with Gasteiger partial charge >= 0.3 is 17.9 Å². The minimum atomic E-state index is -0.806. The van der Waals surface area contributed by atoms with Crippen LogP contribution in [0.1, 0.15) is 265 Å². The number of unbranched alkanes of at least 4 members (excludes halogenated alkanes) is 27. The zero-order valence-corrected chi connectivity index (χ0v) is 42.7. The average Bonchev–Trinajstić information content (AvgIpc) is 3.30. The Labute approximate surface area is 402 Å². The number of hydrogen-bond acceptors (Lipinski definition) is 6. The molecule has 0 radical (unpaired) electrons. The molecule has 0 aliphatic rings. The highest BCUT2D eigenvalue weighted by Gasteiger charge is 2.19. The van der Waals surface area contributed by atoms with E-state index in [1.54, 1.807) is 0 Å². The van der Waals surface area contributed by atoms with Crippen LogP contribution in [0.2, 0.25) is 0 Å². The molecule has 1 atom stereocenters. The first kappa shape index (κ1) is 61.9. The summed E-state index contributed by atoms with van der Waals surface area (Å²) in [6, 6.07) is 0. The van der Waals surface area contributed by atoms with Crippen LogP contribution in [0, 0.1) is 0 Å². The van der Waals surface area contributed by atoms with E-state index in [1.165, 1.54) is 122 Å². The van der Waals surface area contributed by atoms with Crippen molar-refractivity contribution >= 4 is 17.9 Å². The number of rotatable bonds is 49. The van der Waals surface area contributed by atoms with Gasteiger partial charge in [0.05, 0.1) is 0 Å². The Hall–Kier alpha value is -3.15. The topological polar surface area (TPSA) is 78.9 Å². The molecule has 6 nitrogen and oxygen atoms in total. The molecule has 0 heterocycles. The first-order valence-corrected chi connectivity index (χ1v) is 27.5. The monoisotopic (exact) mass is 907 g/mol. The molecule has 0 N–H and O–H groups in total. The first-order chi connectivity index (χ1) is 32.0. The molecule has 0 fully saturated rings. The summed E-state index contributed by atoms with van der Waals surface area (Å²) >= 11 is 0. The summed E-state index contributed by atoms with van der Waals surface area (Å²) in [5.41, 5.74) is 0. The van der Waals surface area contributed by atoms with Crippen molar-refractivity contribution < 1.29 is 28.6 Å². The second-order valence-corrected chi connectivity index (χ2v) is 18.1. The molecule has 0 aromatic carbocycles. The SMILES string of the molecule is CC/C=C\C/C=C\C/C=C\CCCC(=O)OCC(COC(=O)CCCCCCC/C=C\C=C/CCCCCCCCC)OC(=O)CCCCCCC/C=C\CCCCCCCCCCC. The summed E-state index contributed by atoms with van der Waals surface area (Å²) in [4.78, 5) is 38.0. The fourth-order valence-corrected chi connectivity index (χ4v) is 7.57. The zero-order valence-electron chi connectivity index (χ0n) is 42.7. The lowest BCUT2D eigenvalue weighted by atomic mass is 10.1. The predicted octanol–water partition coefficient (Wildman–Crippen LogP) is 18.2. The van der Waals surface area contributed by atoms with E-state index < -0.39 is 6.10 Å². The van der Waals surface area contributed by atoms with E-state index in [4.69, 9.17) is 14.2 Å². The van der Waals surface area contributed by atoms with E-state index in [0.717, 1.165) is 96.3 Å². The molecule has 0 amide bonds. The van der Waals surface area contributed by atoms with E-state index in [1.807, 2.05) is 0 Å². The molecule has 0 saturated heterocycles. The lowest BCUT2D eigenvalue weighted by molar-refractivity contribution is -0.167. The van der Waals surface area contributed by atoms with Crippen molar-refractivity contribution in [1.82, 2.24) is 0 Å². The van der Waals surface area contributed by atoms with Crippen LogP contribution in [-0.4, -0.2) is 37.2 Å². The van der Waals surface area contributed by atoms with Gasteiger partial charge in [0.1, 0.15) is 13.2 Å². The van der Waals surface area contributed by atoms with E-state index >= 15 is 0 Å². The first-order valence-electron chi connectivity index (χ1n) is 27.5. The third-order valence-electron chi connectivity index (χ3n) is 11.7. The van der Waals surface area contributed by atoms with Gasteiger partial charge in [-0.25, -0.2) is 0 Å². The number of carbonyl (C=O) groups excluding carboxylic acids is 3. The summed E-state index contributed by atoms with van der Waals surface area (Å²) in [6.07, 6.45) is 67.6.